The maximum atomic E-state index is 0. The van der Waals surface area contributed by atoms with E-state index in [-0.39, 0.29) is 94.8 Å². The van der Waals surface area contributed by atoms with Crippen LogP contribution in [0, 0.1) is 0 Å². The zero-order valence-corrected chi connectivity index (χ0v) is 4.50. The molecule has 0 rings (SSSR count). The van der Waals surface area contributed by atoms with Crippen molar-refractivity contribution in [2.45, 2.75) is 0 Å². The molecule has 0 heterocycles. The Morgan fingerprint density at radius 3 is 0.200 bits per heavy atom. The van der Waals surface area contributed by atoms with Crippen LogP contribution in [0.3, 0.4) is 0 Å². The zero-order valence-electron chi connectivity index (χ0n) is 4.50. The van der Waals surface area contributed by atoms with E-state index >= 15 is 0 Å². The Bertz CT molecular complexity index is 4.69. The van der Waals surface area contributed by atoms with Gasteiger partial charge in [0, 0.05) is 0 Å². The van der Waals surface area contributed by atoms with Crippen LogP contribution in [-0.2, 0) is 0 Å². The molecule has 0 atom stereocenters. The van der Waals surface area contributed by atoms with E-state index in [1.165, 1.54) is 0 Å². The summed E-state index contributed by atoms with van der Waals surface area (Å²) in [7, 11) is 0. The fourth-order valence-electron chi connectivity index (χ4n) is 0. The van der Waals surface area contributed by atoms with Gasteiger partial charge in [0.1, 0.15) is 0 Å². The Balaban J connectivity index is 0. The van der Waals surface area contributed by atoms with Gasteiger partial charge in [-0.25, -0.2) is 0 Å². The Hall–Kier alpha value is 1.12. The van der Waals surface area contributed by atoms with Crippen molar-refractivity contribution in [1.29, 1.82) is 0 Å². The summed E-state index contributed by atoms with van der Waals surface area (Å²) in [6, 6.07) is 0. The standard InChI is InChI=1S/9H2O.Sr.2H/h9*1H2;;;. The molecule has 0 saturated heterocycles. The molecule has 0 aliphatic heterocycles. The van der Waals surface area contributed by atoms with E-state index in [1.807, 2.05) is 0 Å². The fourth-order valence-corrected chi connectivity index (χ4v) is 0. The molecule has 0 amide bonds. The van der Waals surface area contributed by atoms with E-state index in [0.717, 1.165) is 0 Å². The third-order valence-corrected chi connectivity index (χ3v) is 0. The molecule has 76 valence electrons. The zero-order chi connectivity index (χ0) is 0. The first kappa shape index (κ1) is 907. The van der Waals surface area contributed by atoms with Gasteiger partial charge in [-0.2, -0.15) is 0 Å². The van der Waals surface area contributed by atoms with Crippen LogP contribution in [0.25, 0.3) is 0 Å². The van der Waals surface area contributed by atoms with Gasteiger partial charge in [0.05, 0.1) is 0 Å². The van der Waals surface area contributed by atoms with Gasteiger partial charge in [0.2, 0.25) is 0 Å². The molecule has 0 fully saturated rings. The van der Waals surface area contributed by atoms with Crippen LogP contribution in [-0.4, -0.2) is 94.8 Å². The summed E-state index contributed by atoms with van der Waals surface area (Å²) in [6.07, 6.45) is 0. The average Bonchev–Trinajstić information content (AvgIpc) is 0. The van der Waals surface area contributed by atoms with Gasteiger partial charge in [0.15, 0.2) is 0 Å². The molecule has 0 spiro atoms. The van der Waals surface area contributed by atoms with Crippen LogP contribution in [0.2, 0.25) is 0 Å². The van der Waals surface area contributed by atoms with Crippen LogP contribution in [0.15, 0.2) is 0 Å². The number of hydrogen-bond donors (Lipinski definition) is 0. The first-order chi connectivity index (χ1) is 0. The van der Waals surface area contributed by atoms with Crippen molar-refractivity contribution in [2.24, 2.45) is 0 Å². The molecule has 10 heavy (non-hydrogen) atoms. The summed E-state index contributed by atoms with van der Waals surface area (Å²) in [6.45, 7) is 0. The van der Waals surface area contributed by atoms with E-state index in [9.17, 15) is 0 Å². The monoisotopic (exact) mass is 252 g/mol. The van der Waals surface area contributed by atoms with Crippen molar-refractivity contribution < 1.29 is 49.3 Å². The molecular formula is H20O9Sr. The van der Waals surface area contributed by atoms with E-state index < -0.39 is 0 Å². The molecular weight excluding hydrogens is 232 g/mol. The molecule has 18 N–H and O–H groups in total. The Labute approximate surface area is 94.1 Å². The van der Waals surface area contributed by atoms with Gasteiger partial charge in [-0.3, -0.25) is 0 Å². The minimum absolute atomic E-state index is 0. The molecule has 0 saturated carbocycles. The third-order valence-electron chi connectivity index (χ3n) is 0. The van der Waals surface area contributed by atoms with Crippen molar-refractivity contribution in [3.63, 3.8) is 0 Å². The van der Waals surface area contributed by atoms with Crippen LogP contribution < -0.4 is 0 Å². The normalized spacial score (nSPS) is 0. The van der Waals surface area contributed by atoms with Crippen molar-refractivity contribution >= 4 is 45.5 Å². The molecule has 0 aliphatic carbocycles. The van der Waals surface area contributed by atoms with E-state index in [4.69, 9.17) is 0 Å². The minimum atomic E-state index is 0. The number of rotatable bonds is 0. The molecule has 0 bridgehead atoms. The van der Waals surface area contributed by atoms with Gasteiger partial charge >= 0.3 is 45.5 Å². The third kappa shape index (κ3) is 479. The molecule has 0 aromatic carbocycles. The van der Waals surface area contributed by atoms with Gasteiger partial charge in [-0.1, -0.05) is 0 Å². The fraction of sp³-hybridized carbons (Fsp3) is 0. The quantitative estimate of drug-likeness (QED) is 0.362. The number of hydrogen-bond acceptors (Lipinski definition) is 0. The van der Waals surface area contributed by atoms with Gasteiger partial charge < -0.3 is 49.3 Å². The Morgan fingerprint density at radius 1 is 0.200 bits per heavy atom. The molecule has 0 unspecified atom stereocenters. The second-order valence-electron chi connectivity index (χ2n) is 0. The molecule has 0 aliphatic rings. The molecule has 0 radical (unpaired) electrons. The van der Waals surface area contributed by atoms with Crippen LogP contribution >= 0.6 is 0 Å². The summed E-state index contributed by atoms with van der Waals surface area (Å²) in [5.74, 6) is 0. The first-order valence-electron chi connectivity index (χ1n) is 0. The Morgan fingerprint density at radius 2 is 0.200 bits per heavy atom. The van der Waals surface area contributed by atoms with Crippen molar-refractivity contribution in [3.8, 4) is 0 Å². The summed E-state index contributed by atoms with van der Waals surface area (Å²) < 4.78 is 0. The second kappa shape index (κ2) is 671. The average molecular weight is 252 g/mol. The SMILES string of the molecule is O.O.O.O.O.O.O.O.O.[SrH2]. The van der Waals surface area contributed by atoms with Crippen molar-refractivity contribution in [1.82, 2.24) is 0 Å². The van der Waals surface area contributed by atoms with Crippen molar-refractivity contribution in [3.05, 3.63) is 0 Å². The predicted octanol–water partition coefficient (Wildman–Crippen LogP) is -8.34. The summed E-state index contributed by atoms with van der Waals surface area (Å²) in [5.41, 5.74) is 0. The van der Waals surface area contributed by atoms with Crippen LogP contribution in [0.1, 0.15) is 0 Å². The van der Waals surface area contributed by atoms with E-state index in [2.05, 4.69) is 0 Å². The summed E-state index contributed by atoms with van der Waals surface area (Å²) >= 11 is 0. The van der Waals surface area contributed by atoms with Gasteiger partial charge in [0.25, 0.3) is 0 Å². The van der Waals surface area contributed by atoms with Crippen LogP contribution in [0.4, 0.5) is 0 Å². The molecule has 10 heteroatoms. The molecule has 0 aromatic heterocycles. The first-order valence-corrected chi connectivity index (χ1v) is 0. The molecule has 0 aromatic rings. The van der Waals surface area contributed by atoms with Crippen LogP contribution in [0.5, 0.6) is 0 Å². The van der Waals surface area contributed by atoms with E-state index in [0.29, 0.717) is 0 Å². The molecule has 9 nitrogen and oxygen atoms in total. The summed E-state index contributed by atoms with van der Waals surface area (Å²) in [5, 5.41) is 0. The Kier molecular flexibility index (Phi) is 60800. The predicted molar refractivity (Wildman–Crippen MR) is 41.1 cm³/mol. The van der Waals surface area contributed by atoms with Gasteiger partial charge in [-0.05, 0) is 0 Å². The second-order valence-corrected chi connectivity index (χ2v) is 0. The summed E-state index contributed by atoms with van der Waals surface area (Å²) in [4.78, 5) is 0. The topological polar surface area (TPSA) is 284 Å². The van der Waals surface area contributed by atoms with Gasteiger partial charge in [-0.15, -0.1) is 0 Å². The van der Waals surface area contributed by atoms with Crippen molar-refractivity contribution in [2.75, 3.05) is 0 Å². The van der Waals surface area contributed by atoms with E-state index in [1.54, 1.807) is 0 Å². The maximum absolute atomic E-state index is 0.